The Kier molecular flexibility index (Phi) is 5.94. The van der Waals surface area contributed by atoms with E-state index in [2.05, 4.69) is 0 Å². The molecule has 1 aliphatic rings. The highest BCUT2D eigenvalue weighted by Gasteiger charge is 2.24. The molecule has 0 unspecified atom stereocenters. The van der Waals surface area contributed by atoms with Gasteiger partial charge in [0.1, 0.15) is 11.6 Å². The monoisotopic (exact) mass is 359 g/mol. The van der Waals surface area contributed by atoms with E-state index in [0.29, 0.717) is 31.2 Å². The summed E-state index contributed by atoms with van der Waals surface area (Å²) in [6.45, 7) is 1.67. The Morgan fingerprint density at radius 3 is 2.69 bits per heavy atom. The Morgan fingerprint density at radius 2 is 1.92 bits per heavy atom. The van der Waals surface area contributed by atoms with Gasteiger partial charge in [-0.2, -0.15) is 0 Å². The van der Waals surface area contributed by atoms with Crippen molar-refractivity contribution in [1.29, 1.82) is 0 Å². The topological polar surface area (TPSA) is 59.0 Å². The fourth-order valence-electron chi connectivity index (χ4n) is 2.98. The number of phenols is 1. The van der Waals surface area contributed by atoms with Crippen LogP contribution in [0.4, 0.5) is 4.39 Å². The number of halogens is 1. The minimum atomic E-state index is -0.295. The van der Waals surface area contributed by atoms with Crippen LogP contribution in [-0.4, -0.2) is 42.2 Å². The molecular formula is C20H22FNO4. The van der Waals surface area contributed by atoms with Crippen molar-refractivity contribution in [2.75, 3.05) is 26.3 Å². The minimum Gasteiger partial charge on any atom is -0.504 e. The van der Waals surface area contributed by atoms with Gasteiger partial charge in [-0.15, -0.1) is 0 Å². The highest BCUT2D eigenvalue weighted by molar-refractivity contribution is 5.78. The second-order valence-corrected chi connectivity index (χ2v) is 6.37. The molecule has 5 nitrogen and oxygen atoms in total. The van der Waals surface area contributed by atoms with Crippen molar-refractivity contribution in [3.05, 3.63) is 54.3 Å². The molecule has 0 radical (unpaired) electrons. The number of phenolic OH excluding ortho intramolecular Hbond substituents is 1. The van der Waals surface area contributed by atoms with Crippen molar-refractivity contribution in [1.82, 2.24) is 4.90 Å². The summed E-state index contributed by atoms with van der Waals surface area (Å²) in [5, 5.41) is 9.68. The van der Waals surface area contributed by atoms with Crippen LogP contribution < -0.4 is 9.47 Å². The molecule has 1 heterocycles. The minimum absolute atomic E-state index is 0.0181. The first-order valence-electron chi connectivity index (χ1n) is 8.69. The van der Waals surface area contributed by atoms with Gasteiger partial charge in [0.25, 0.3) is 5.91 Å². The number of nitrogens with zero attached hydrogens (tertiary/aromatic N) is 1. The van der Waals surface area contributed by atoms with Crippen LogP contribution in [-0.2, 0) is 4.79 Å². The largest absolute Gasteiger partial charge is 0.504 e. The van der Waals surface area contributed by atoms with Crippen LogP contribution >= 0.6 is 0 Å². The van der Waals surface area contributed by atoms with E-state index in [9.17, 15) is 14.3 Å². The summed E-state index contributed by atoms with van der Waals surface area (Å²) in [6.07, 6.45) is 1.88. The predicted molar refractivity (Wildman–Crippen MR) is 94.8 cm³/mol. The first-order valence-corrected chi connectivity index (χ1v) is 8.69. The molecule has 0 bridgehead atoms. The molecule has 1 saturated heterocycles. The third-order valence-corrected chi connectivity index (χ3v) is 4.39. The standard InChI is InChI=1S/C20H22FNO4/c21-16-7-9-17(10-8-16)25-13-15-4-3-11-22(12-15)20(24)14-26-19-6-2-1-5-18(19)23/h1-2,5-10,15,23H,3-4,11-14H2/t15-/m0/s1. The molecule has 1 atom stereocenters. The van der Waals surface area contributed by atoms with Gasteiger partial charge in [-0.1, -0.05) is 12.1 Å². The summed E-state index contributed by atoms with van der Waals surface area (Å²) < 4.78 is 24.0. The maximum Gasteiger partial charge on any atom is 0.260 e. The number of likely N-dealkylation sites (tertiary alicyclic amines) is 1. The maximum absolute atomic E-state index is 12.9. The van der Waals surface area contributed by atoms with Gasteiger partial charge in [-0.25, -0.2) is 4.39 Å². The number of aromatic hydroxyl groups is 1. The van der Waals surface area contributed by atoms with Crippen molar-refractivity contribution in [2.24, 2.45) is 5.92 Å². The first kappa shape index (κ1) is 18.0. The molecule has 1 aliphatic heterocycles. The predicted octanol–water partition coefficient (Wildman–Crippen LogP) is 3.23. The van der Waals surface area contributed by atoms with Gasteiger partial charge in [0, 0.05) is 19.0 Å². The van der Waals surface area contributed by atoms with Crippen LogP contribution in [0.15, 0.2) is 48.5 Å². The number of amides is 1. The van der Waals surface area contributed by atoms with Gasteiger partial charge >= 0.3 is 0 Å². The van der Waals surface area contributed by atoms with E-state index in [0.717, 1.165) is 12.8 Å². The highest BCUT2D eigenvalue weighted by Crippen LogP contribution is 2.25. The molecule has 0 aliphatic carbocycles. The Hall–Kier alpha value is -2.76. The Morgan fingerprint density at radius 1 is 1.15 bits per heavy atom. The van der Waals surface area contributed by atoms with Crippen LogP contribution in [0.5, 0.6) is 17.2 Å². The van der Waals surface area contributed by atoms with E-state index in [4.69, 9.17) is 9.47 Å². The molecule has 1 amide bonds. The van der Waals surface area contributed by atoms with Crippen LogP contribution in [0.3, 0.4) is 0 Å². The average Bonchev–Trinajstić information content (AvgIpc) is 2.67. The summed E-state index contributed by atoms with van der Waals surface area (Å²) in [7, 11) is 0. The number of rotatable bonds is 6. The zero-order valence-corrected chi connectivity index (χ0v) is 14.4. The lowest BCUT2D eigenvalue weighted by atomic mass is 9.99. The first-order chi connectivity index (χ1) is 12.6. The van der Waals surface area contributed by atoms with Crippen LogP contribution in [0, 0.1) is 11.7 Å². The van der Waals surface area contributed by atoms with Gasteiger partial charge < -0.3 is 19.5 Å². The zero-order valence-electron chi connectivity index (χ0n) is 14.4. The van der Waals surface area contributed by atoms with E-state index in [-0.39, 0.29) is 30.0 Å². The third kappa shape index (κ3) is 4.88. The third-order valence-electron chi connectivity index (χ3n) is 4.39. The molecular weight excluding hydrogens is 337 g/mol. The number of ether oxygens (including phenoxy) is 2. The van der Waals surface area contributed by atoms with E-state index >= 15 is 0 Å². The molecule has 138 valence electrons. The van der Waals surface area contributed by atoms with Crippen molar-refractivity contribution in [3.8, 4) is 17.2 Å². The lowest BCUT2D eigenvalue weighted by molar-refractivity contribution is -0.135. The normalized spacial score (nSPS) is 17.0. The number of benzene rings is 2. The molecule has 1 fully saturated rings. The maximum atomic E-state index is 12.9. The van der Waals surface area contributed by atoms with E-state index in [1.54, 1.807) is 35.2 Å². The van der Waals surface area contributed by atoms with Crippen LogP contribution in [0.2, 0.25) is 0 Å². The second kappa shape index (κ2) is 8.56. The lowest BCUT2D eigenvalue weighted by Crippen LogP contribution is -2.43. The van der Waals surface area contributed by atoms with E-state index in [1.165, 1.54) is 18.2 Å². The molecule has 3 rings (SSSR count). The van der Waals surface area contributed by atoms with Gasteiger partial charge in [0.15, 0.2) is 18.1 Å². The van der Waals surface area contributed by atoms with Gasteiger partial charge in [-0.05, 0) is 49.2 Å². The zero-order chi connectivity index (χ0) is 18.4. The Bertz CT molecular complexity index is 735. The lowest BCUT2D eigenvalue weighted by Gasteiger charge is -2.32. The molecule has 0 saturated carbocycles. The van der Waals surface area contributed by atoms with Crippen molar-refractivity contribution in [2.45, 2.75) is 12.8 Å². The average molecular weight is 359 g/mol. The smallest absolute Gasteiger partial charge is 0.260 e. The number of hydrogen-bond donors (Lipinski definition) is 1. The molecule has 1 N–H and O–H groups in total. The van der Waals surface area contributed by atoms with Gasteiger partial charge in [0.2, 0.25) is 0 Å². The van der Waals surface area contributed by atoms with Crippen molar-refractivity contribution in [3.63, 3.8) is 0 Å². The fraction of sp³-hybridized carbons (Fsp3) is 0.350. The summed E-state index contributed by atoms with van der Waals surface area (Å²) in [5.41, 5.74) is 0. The molecule has 0 aromatic heterocycles. The van der Waals surface area contributed by atoms with Crippen LogP contribution in [0.1, 0.15) is 12.8 Å². The van der Waals surface area contributed by atoms with Crippen LogP contribution in [0.25, 0.3) is 0 Å². The Balaban J connectivity index is 1.47. The SMILES string of the molecule is O=C(COc1ccccc1O)N1CCC[C@H](COc2ccc(F)cc2)C1. The van der Waals surface area contributed by atoms with Crippen molar-refractivity contribution < 1.29 is 23.8 Å². The van der Waals surface area contributed by atoms with Gasteiger partial charge in [-0.3, -0.25) is 4.79 Å². The molecule has 2 aromatic carbocycles. The summed E-state index contributed by atoms with van der Waals surface area (Å²) >= 11 is 0. The summed E-state index contributed by atoms with van der Waals surface area (Å²) in [4.78, 5) is 14.1. The second-order valence-electron chi connectivity index (χ2n) is 6.37. The summed E-state index contributed by atoms with van der Waals surface area (Å²) in [5.74, 6) is 0.759. The number of para-hydroxylation sites is 2. The van der Waals surface area contributed by atoms with E-state index < -0.39 is 0 Å². The van der Waals surface area contributed by atoms with Crippen molar-refractivity contribution >= 4 is 5.91 Å². The van der Waals surface area contributed by atoms with E-state index in [1.807, 2.05) is 0 Å². The molecule has 26 heavy (non-hydrogen) atoms. The Labute approximate surface area is 152 Å². The number of carbonyl (C=O) groups excluding carboxylic acids is 1. The number of hydrogen-bond acceptors (Lipinski definition) is 4. The number of carbonyl (C=O) groups is 1. The molecule has 6 heteroatoms. The number of piperidine rings is 1. The highest BCUT2D eigenvalue weighted by atomic mass is 19.1. The van der Waals surface area contributed by atoms with Gasteiger partial charge in [0.05, 0.1) is 6.61 Å². The summed E-state index contributed by atoms with van der Waals surface area (Å²) in [6, 6.07) is 12.5. The molecule has 0 spiro atoms. The fourth-order valence-corrected chi connectivity index (χ4v) is 2.98. The quantitative estimate of drug-likeness (QED) is 0.860. The molecule has 2 aromatic rings.